The van der Waals surface area contributed by atoms with Crippen LogP contribution in [0.3, 0.4) is 0 Å². The van der Waals surface area contributed by atoms with E-state index in [0.29, 0.717) is 22.0 Å². The van der Waals surface area contributed by atoms with Crippen molar-refractivity contribution in [2.45, 2.75) is 18.9 Å². The molecule has 1 aromatic rings. The van der Waals surface area contributed by atoms with Crippen LogP contribution in [0.5, 0.6) is 0 Å². The predicted octanol–water partition coefficient (Wildman–Crippen LogP) is 3.16. The lowest BCUT2D eigenvalue weighted by Crippen LogP contribution is -2.41. The first-order chi connectivity index (χ1) is 8.20. The van der Waals surface area contributed by atoms with E-state index in [4.69, 9.17) is 27.9 Å². The Labute approximate surface area is 112 Å². The van der Waals surface area contributed by atoms with Crippen LogP contribution in [-0.4, -0.2) is 26.3 Å². The highest BCUT2D eigenvalue weighted by Gasteiger charge is 2.24. The molecule has 2 nitrogen and oxygen atoms in total. The molecule has 1 fully saturated rings. The van der Waals surface area contributed by atoms with Gasteiger partial charge in [0.15, 0.2) is 0 Å². The van der Waals surface area contributed by atoms with Crippen LogP contribution in [0.25, 0.3) is 0 Å². The summed E-state index contributed by atoms with van der Waals surface area (Å²) < 4.78 is 5.54. The second-order valence-corrected chi connectivity index (χ2v) is 5.29. The maximum Gasteiger partial charge on any atom is 0.0595 e. The monoisotopic (exact) mass is 273 g/mol. The number of rotatable bonds is 3. The van der Waals surface area contributed by atoms with E-state index in [9.17, 15) is 0 Å². The summed E-state index contributed by atoms with van der Waals surface area (Å²) in [4.78, 5) is 0. The van der Waals surface area contributed by atoms with E-state index >= 15 is 0 Å². The third kappa shape index (κ3) is 3.35. The number of hydrogen-bond donors (Lipinski definition) is 1. The lowest BCUT2D eigenvalue weighted by molar-refractivity contribution is 0.0342. The quantitative estimate of drug-likeness (QED) is 0.914. The van der Waals surface area contributed by atoms with E-state index in [1.54, 1.807) is 0 Å². The van der Waals surface area contributed by atoms with Crippen LogP contribution in [0.2, 0.25) is 10.0 Å². The van der Waals surface area contributed by atoms with Gasteiger partial charge in [0.2, 0.25) is 0 Å². The number of nitrogens with one attached hydrogen (secondary N) is 1. The van der Waals surface area contributed by atoms with Crippen LogP contribution in [0.15, 0.2) is 18.2 Å². The number of hydrogen-bond acceptors (Lipinski definition) is 2. The molecule has 1 aliphatic rings. The highest BCUT2D eigenvalue weighted by atomic mass is 35.5. The molecule has 1 aromatic carbocycles. The van der Waals surface area contributed by atoms with Gasteiger partial charge < -0.3 is 10.1 Å². The van der Waals surface area contributed by atoms with Gasteiger partial charge in [0.05, 0.1) is 16.7 Å². The molecular weight excluding hydrogens is 257 g/mol. The van der Waals surface area contributed by atoms with E-state index in [2.05, 4.69) is 5.32 Å². The average molecular weight is 274 g/mol. The third-order valence-corrected chi connectivity index (χ3v) is 4.07. The predicted molar refractivity (Wildman–Crippen MR) is 71.9 cm³/mol. The molecule has 1 heterocycles. The second-order valence-electron chi connectivity index (χ2n) is 4.47. The van der Waals surface area contributed by atoms with Gasteiger partial charge in [0.1, 0.15) is 0 Å². The summed E-state index contributed by atoms with van der Waals surface area (Å²) in [6, 6.07) is 6.37. The molecule has 2 atom stereocenters. The first-order valence-electron chi connectivity index (χ1n) is 5.89. The molecule has 0 aliphatic carbocycles. The van der Waals surface area contributed by atoms with Crippen LogP contribution in [0.1, 0.15) is 12.0 Å². The zero-order valence-corrected chi connectivity index (χ0v) is 11.4. The Morgan fingerprint density at radius 2 is 2.18 bits per heavy atom. The Morgan fingerprint density at radius 1 is 1.35 bits per heavy atom. The molecule has 0 radical (unpaired) electrons. The molecule has 4 heteroatoms. The van der Waals surface area contributed by atoms with Crippen molar-refractivity contribution in [2.24, 2.45) is 5.92 Å². The largest absolute Gasteiger partial charge is 0.381 e. The van der Waals surface area contributed by atoms with Crippen molar-refractivity contribution >= 4 is 23.2 Å². The van der Waals surface area contributed by atoms with Crippen molar-refractivity contribution in [2.75, 3.05) is 20.3 Å². The zero-order valence-electron chi connectivity index (χ0n) is 9.88. The summed E-state index contributed by atoms with van der Waals surface area (Å²) in [7, 11) is 2.01. The van der Waals surface area contributed by atoms with Crippen LogP contribution >= 0.6 is 23.2 Å². The SMILES string of the molecule is CN[C@@H]1CCOC[C@@H]1Cc1ccc(Cl)c(Cl)c1. The number of halogens is 2. The first-order valence-corrected chi connectivity index (χ1v) is 6.65. The fraction of sp³-hybridized carbons (Fsp3) is 0.538. The van der Waals surface area contributed by atoms with Gasteiger partial charge in [0.25, 0.3) is 0 Å². The molecule has 0 amide bonds. The number of ether oxygens (including phenoxy) is 1. The molecule has 1 saturated heterocycles. The molecule has 0 unspecified atom stereocenters. The first kappa shape index (κ1) is 13.2. The molecule has 0 aromatic heterocycles. The molecule has 0 saturated carbocycles. The van der Waals surface area contributed by atoms with Gasteiger partial charge in [-0.3, -0.25) is 0 Å². The van der Waals surface area contributed by atoms with Gasteiger partial charge in [-0.1, -0.05) is 29.3 Å². The maximum atomic E-state index is 6.02. The fourth-order valence-electron chi connectivity index (χ4n) is 2.35. The Balaban J connectivity index is 2.05. The van der Waals surface area contributed by atoms with Crippen LogP contribution in [0.4, 0.5) is 0 Å². The van der Waals surface area contributed by atoms with E-state index in [1.165, 1.54) is 5.56 Å². The summed E-state index contributed by atoms with van der Waals surface area (Å²) in [6.07, 6.45) is 2.05. The Kier molecular flexibility index (Phi) is 4.69. The lowest BCUT2D eigenvalue weighted by atomic mass is 9.89. The maximum absolute atomic E-state index is 6.02. The molecule has 1 N–H and O–H groups in total. The summed E-state index contributed by atoms with van der Waals surface area (Å²) in [6.45, 7) is 1.66. The van der Waals surface area contributed by atoms with Crippen LogP contribution < -0.4 is 5.32 Å². The molecule has 1 aliphatic heterocycles. The Morgan fingerprint density at radius 3 is 2.88 bits per heavy atom. The number of benzene rings is 1. The van der Waals surface area contributed by atoms with E-state index in [0.717, 1.165) is 26.1 Å². The summed E-state index contributed by atoms with van der Waals surface area (Å²) in [5, 5.41) is 4.60. The van der Waals surface area contributed by atoms with Crippen molar-refractivity contribution in [3.05, 3.63) is 33.8 Å². The lowest BCUT2D eigenvalue weighted by Gasteiger charge is -2.31. The van der Waals surface area contributed by atoms with Gasteiger partial charge in [0, 0.05) is 18.6 Å². The molecule has 0 bridgehead atoms. The second kappa shape index (κ2) is 6.05. The van der Waals surface area contributed by atoms with Crippen LogP contribution in [0, 0.1) is 5.92 Å². The van der Waals surface area contributed by atoms with Gasteiger partial charge in [-0.25, -0.2) is 0 Å². The summed E-state index contributed by atoms with van der Waals surface area (Å²) >= 11 is 11.9. The molecular formula is C13H17Cl2NO. The van der Waals surface area contributed by atoms with Crippen molar-refractivity contribution in [3.8, 4) is 0 Å². The highest BCUT2D eigenvalue weighted by molar-refractivity contribution is 6.42. The average Bonchev–Trinajstić information content (AvgIpc) is 2.34. The normalized spacial score (nSPS) is 24.9. The van der Waals surface area contributed by atoms with Gasteiger partial charge in [-0.15, -0.1) is 0 Å². The topological polar surface area (TPSA) is 21.3 Å². The fourth-order valence-corrected chi connectivity index (χ4v) is 2.67. The molecule has 94 valence electrons. The van der Waals surface area contributed by atoms with Crippen molar-refractivity contribution in [3.63, 3.8) is 0 Å². The molecule has 17 heavy (non-hydrogen) atoms. The van der Waals surface area contributed by atoms with E-state index in [1.807, 2.05) is 25.2 Å². The van der Waals surface area contributed by atoms with Crippen molar-refractivity contribution < 1.29 is 4.74 Å². The molecule has 2 rings (SSSR count). The summed E-state index contributed by atoms with van der Waals surface area (Å²) in [5.41, 5.74) is 1.22. The van der Waals surface area contributed by atoms with Gasteiger partial charge in [-0.05, 0) is 37.6 Å². The van der Waals surface area contributed by atoms with Crippen LogP contribution in [-0.2, 0) is 11.2 Å². The van der Waals surface area contributed by atoms with E-state index < -0.39 is 0 Å². The van der Waals surface area contributed by atoms with Crippen molar-refractivity contribution in [1.82, 2.24) is 5.32 Å². The Bertz CT molecular complexity index is 384. The van der Waals surface area contributed by atoms with Gasteiger partial charge >= 0.3 is 0 Å². The third-order valence-electron chi connectivity index (χ3n) is 3.33. The van der Waals surface area contributed by atoms with E-state index in [-0.39, 0.29) is 0 Å². The van der Waals surface area contributed by atoms with Gasteiger partial charge in [-0.2, -0.15) is 0 Å². The minimum atomic E-state index is 0.506. The minimum absolute atomic E-state index is 0.506. The zero-order chi connectivity index (χ0) is 12.3. The summed E-state index contributed by atoms with van der Waals surface area (Å²) in [5.74, 6) is 0.506. The van der Waals surface area contributed by atoms with Crippen molar-refractivity contribution in [1.29, 1.82) is 0 Å². The smallest absolute Gasteiger partial charge is 0.0595 e. The molecule has 0 spiro atoms. The highest BCUT2D eigenvalue weighted by Crippen LogP contribution is 2.26. The minimum Gasteiger partial charge on any atom is -0.381 e. The standard InChI is InChI=1S/C13H17Cl2NO/c1-16-13-4-5-17-8-10(13)6-9-2-3-11(14)12(15)7-9/h2-3,7,10,13,16H,4-6,8H2,1H3/t10-,13+/m0/s1. The Hall–Kier alpha value is -0.280.